The lowest BCUT2D eigenvalue weighted by atomic mass is 10.1. The number of aromatic hydroxyl groups is 1. The number of carboxylic acids is 1. The zero-order chi connectivity index (χ0) is 10.7. The summed E-state index contributed by atoms with van der Waals surface area (Å²) in [5.74, 6) is -2.05. The predicted molar refractivity (Wildman–Crippen MR) is 49.4 cm³/mol. The molecule has 0 saturated heterocycles. The third-order valence-corrected chi connectivity index (χ3v) is 1.57. The van der Waals surface area contributed by atoms with Crippen LogP contribution in [0.1, 0.15) is 17.3 Å². The van der Waals surface area contributed by atoms with Gasteiger partial charge in [0.05, 0.1) is 5.69 Å². The van der Waals surface area contributed by atoms with Gasteiger partial charge in [-0.1, -0.05) is 6.07 Å². The van der Waals surface area contributed by atoms with E-state index in [9.17, 15) is 14.7 Å². The Morgan fingerprint density at radius 1 is 1.36 bits per heavy atom. The smallest absolute Gasteiger partial charge is 0.341 e. The van der Waals surface area contributed by atoms with E-state index in [4.69, 9.17) is 5.11 Å². The predicted octanol–water partition coefficient (Wildman–Crippen LogP) is 1.05. The zero-order valence-corrected chi connectivity index (χ0v) is 7.44. The Bertz CT molecular complexity index is 386. The van der Waals surface area contributed by atoms with E-state index in [2.05, 4.69) is 5.32 Å². The van der Waals surface area contributed by atoms with E-state index in [0.717, 1.165) is 0 Å². The molecule has 0 saturated carbocycles. The second-order valence-electron chi connectivity index (χ2n) is 2.69. The molecule has 0 fully saturated rings. The average molecular weight is 195 g/mol. The summed E-state index contributed by atoms with van der Waals surface area (Å²) in [6.07, 6.45) is 0. The number of anilines is 1. The van der Waals surface area contributed by atoms with Gasteiger partial charge in [0, 0.05) is 6.92 Å². The number of hydrogen-bond donors (Lipinski definition) is 3. The molecule has 0 aliphatic carbocycles. The van der Waals surface area contributed by atoms with Crippen LogP contribution < -0.4 is 5.32 Å². The van der Waals surface area contributed by atoms with Crippen molar-refractivity contribution in [3.05, 3.63) is 23.8 Å². The lowest BCUT2D eigenvalue weighted by Gasteiger charge is -2.07. The summed E-state index contributed by atoms with van der Waals surface area (Å²) < 4.78 is 0. The van der Waals surface area contributed by atoms with E-state index >= 15 is 0 Å². The minimum atomic E-state index is -1.29. The first-order valence-electron chi connectivity index (χ1n) is 3.85. The van der Waals surface area contributed by atoms with E-state index < -0.39 is 11.9 Å². The van der Waals surface area contributed by atoms with Gasteiger partial charge >= 0.3 is 5.97 Å². The molecule has 0 spiro atoms. The molecule has 74 valence electrons. The molecule has 5 heteroatoms. The fourth-order valence-electron chi connectivity index (χ4n) is 1.06. The number of rotatable bonds is 2. The summed E-state index contributed by atoms with van der Waals surface area (Å²) in [6.45, 7) is 1.26. The summed E-state index contributed by atoms with van der Waals surface area (Å²) in [6, 6.07) is 4.10. The van der Waals surface area contributed by atoms with Crippen LogP contribution in [-0.2, 0) is 4.79 Å². The number of phenols is 1. The van der Waals surface area contributed by atoms with Crippen molar-refractivity contribution in [3.63, 3.8) is 0 Å². The Kier molecular flexibility index (Phi) is 2.71. The van der Waals surface area contributed by atoms with E-state index in [-0.39, 0.29) is 17.0 Å². The summed E-state index contributed by atoms with van der Waals surface area (Å²) in [5, 5.41) is 20.3. The van der Waals surface area contributed by atoms with Crippen LogP contribution in [0.5, 0.6) is 5.75 Å². The average Bonchev–Trinajstić information content (AvgIpc) is 2.01. The highest BCUT2D eigenvalue weighted by molar-refractivity contribution is 6.01. The number of amides is 1. The van der Waals surface area contributed by atoms with Gasteiger partial charge in [-0.3, -0.25) is 4.79 Å². The van der Waals surface area contributed by atoms with E-state index in [0.29, 0.717) is 0 Å². The number of benzene rings is 1. The molecular weight excluding hydrogens is 186 g/mol. The van der Waals surface area contributed by atoms with Crippen LogP contribution in [-0.4, -0.2) is 22.1 Å². The first-order valence-corrected chi connectivity index (χ1v) is 3.85. The standard InChI is InChI=1S/C9H9NO4/c1-5(11)10-6-3-2-4-7(12)8(6)9(13)14/h2-4,12H,1H3,(H,10,11)(H,13,14). The minimum Gasteiger partial charge on any atom is -0.507 e. The number of carbonyl (C=O) groups is 2. The van der Waals surface area contributed by atoms with E-state index in [1.807, 2.05) is 0 Å². The molecule has 1 rings (SSSR count). The Morgan fingerprint density at radius 2 is 2.00 bits per heavy atom. The summed E-state index contributed by atoms with van der Waals surface area (Å²) in [7, 11) is 0. The quantitative estimate of drug-likeness (QED) is 0.658. The highest BCUT2D eigenvalue weighted by Crippen LogP contribution is 2.24. The number of carboxylic acid groups (broad SMARTS) is 1. The maximum absolute atomic E-state index is 10.7. The number of nitrogens with one attached hydrogen (secondary N) is 1. The van der Waals surface area contributed by atoms with Gasteiger partial charge in [0.1, 0.15) is 11.3 Å². The van der Waals surface area contributed by atoms with Crippen LogP contribution >= 0.6 is 0 Å². The molecule has 0 unspecified atom stereocenters. The Labute approximate surface area is 80.0 Å². The molecule has 0 radical (unpaired) electrons. The fourth-order valence-corrected chi connectivity index (χ4v) is 1.06. The third-order valence-electron chi connectivity index (χ3n) is 1.57. The van der Waals surface area contributed by atoms with Crippen LogP contribution in [0.3, 0.4) is 0 Å². The fraction of sp³-hybridized carbons (Fsp3) is 0.111. The van der Waals surface area contributed by atoms with Gasteiger partial charge in [0.15, 0.2) is 0 Å². The molecule has 1 aromatic rings. The molecule has 0 aliphatic heterocycles. The van der Waals surface area contributed by atoms with Crippen molar-refractivity contribution in [1.82, 2.24) is 0 Å². The van der Waals surface area contributed by atoms with Crippen LogP contribution in [0.2, 0.25) is 0 Å². The maximum atomic E-state index is 10.7. The lowest BCUT2D eigenvalue weighted by Crippen LogP contribution is -2.10. The molecule has 0 bridgehead atoms. The second kappa shape index (κ2) is 3.78. The molecule has 0 heterocycles. The van der Waals surface area contributed by atoms with Crippen LogP contribution in [0.25, 0.3) is 0 Å². The number of aromatic carboxylic acids is 1. The zero-order valence-electron chi connectivity index (χ0n) is 7.44. The Balaban J connectivity index is 3.21. The summed E-state index contributed by atoms with van der Waals surface area (Å²) in [5.41, 5.74) is -0.215. The van der Waals surface area contributed by atoms with Crippen molar-refractivity contribution in [1.29, 1.82) is 0 Å². The van der Waals surface area contributed by atoms with E-state index in [1.54, 1.807) is 0 Å². The topological polar surface area (TPSA) is 86.6 Å². The lowest BCUT2D eigenvalue weighted by molar-refractivity contribution is -0.114. The second-order valence-corrected chi connectivity index (χ2v) is 2.69. The maximum Gasteiger partial charge on any atom is 0.341 e. The first-order chi connectivity index (χ1) is 6.52. The van der Waals surface area contributed by atoms with Crippen LogP contribution in [0, 0.1) is 0 Å². The molecule has 5 nitrogen and oxygen atoms in total. The molecule has 1 aromatic carbocycles. The van der Waals surface area contributed by atoms with Crippen LogP contribution in [0.4, 0.5) is 5.69 Å². The van der Waals surface area contributed by atoms with Crippen molar-refractivity contribution >= 4 is 17.6 Å². The molecule has 14 heavy (non-hydrogen) atoms. The Hall–Kier alpha value is -2.04. The molecule has 0 aliphatic rings. The normalized spacial score (nSPS) is 9.50. The number of hydrogen-bond acceptors (Lipinski definition) is 3. The third kappa shape index (κ3) is 2.01. The highest BCUT2D eigenvalue weighted by atomic mass is 16.4. The van der Waals surface area contributed by atoms with Crippen molar-refractivity contribution in [2.75, 3.05) is 5.32 Å². The first kappa shape index (κ1) is 10.0. The molecular formula is C9H9NO4. The largest absolute Gasteiger partial charge is 0.507 e. The molecule has 1 amide bonds. The Morgan fingerprint density at radius 3 is 2.50 bits per heavy atom. The number of carbonyl (C=O) groups excluding carboxylic acids is 1. The van der Waals surface area contributed by atoms with Gasteiger partial charge in [0.25, 0.3) is 0 Å². The monoisotopic (exact) mass is 195 g/mol. The van der Waals surface area contributed by atoms with Gasteiger partial charge < -0.3 is 15.5 Å². The van der Waals surface area contributed by atoms with Gasteiger partial charge in [0.2, 0.25) is 5.91 Å². The van der Waals surface area contributed by atoms with E-state index in [1.165, 1.54) is 25.1 Å². The van der Waals surface area contributed by atoms with Crippen LogP contribution in [0.15, 0.2) is 18.2 Å². The van der Waals surface area contributed by atoms with Crippen molar-refractivity contribution in [2.45, 2.75) is 6.92 Å². The molecule has 3 N–H and O–H groups in total. The van der Waals surface area contributed by atoms with Crippen molar-refractivity contribution in [3.8, 4) is 5.75 Å². The van der Waals surface area contributed by atoms with Gasteiger partial charge in [-0.2, -0.15) is 0 Å². The van der Waals surface area contributed by atoms with Crippen molar-refractivity contribution < 1.29 is 19.8 Å². The molecule has 0 atom stereocenters. The summed E-state index contributed by atoms with van der Waals surface area (Å²) in [4.78, 5) is 21.4. The molecule has 0 aromatic heterocycles. The van der Waals surface area contributed by atoms with Gasteiger partial charge in [-0.25, -0.2) is 4.79 Å². The van der Waals surface area contributed by atoms with Gasteiger partial charge in [-0.05, 0) is 12.1 Å². The highest BCUT2D eigenvalue weighted by Gasteiger charge is 2.15. The van der Waals surface area contributed by atoms with Gasteiger partial charge in [-0.15, -0.1) is 0 Å². The summed E-state index contributed by atoms with van der Waals surface area (Å²) >= 11 is 0. The minimum absolute atomic E-state index is 0.0880. The SMILES string of the molecule is CC(=O)Nc1cccc(O)c1C(=O)O. The van der Waals surface area contributed by atoms with Crippen molar-refractivity contribution in [2.24, 2.45) is 0 Å².